The van der Waals surface area contributed by atoms with Gasteiger partial charge in [-0.1, -0.05) is 42.8 Å². The van der Waals surface area contributed by atoms with Crippen molar-refractivity contribution in [2.24, 2.45) is 0 Å². The van der Waals surface area contributed by atoms with Gasteiger partial charge in [0.15, 0.2) is 6.79 Å². The summed E-state index contributed by atoms with van der Waals surface area (Å²) in [4.78, 5) is 25.6. The van der Waals surface area contributed by atoms with Gasteiger partial charge in [0.25, 0.3) is 0 Å². The molecule has 7 nitrogen and oxygen atoms in total. The van der Waals surface area contributed by atoms with E-state index in [4.69, 9.17) is 32.7 Å². The highest BCUT2D eigenvalue weighted by molar-refractivity contribution is 6.76. The normalized spacial score (nSPS) is 16.8. The molecule has 1 saturated heterocycles. The van der Waals surface area contributed by atoms with Gasteiger partial charge in [-0.25, -0.2) is 5.06 Å². The molecular formula is C20H30Cl2N2O5Si. The van der Waals surface area contributed by atoms with E-state index in [1.807, 2.05) is 0 Å². The van der Waals surface area contributed by atoms with Crippen molar-refractivity contribution in [2.45, 2.75) is 44.4 Å². The second kappa shape index (κ2) is 10.8. The number of rotatable bonds is 10. The van der Waals surface area contributed by atoms with E-state index in [2.05, 4.69) is 19.6 Å². The largest absolute Gasteiger partial charge is 0.467 e. The fraction of sp³-hybridized carbons (Fsp3) is 0.600. The summed E-state index contributed by atoms with van der Waals surface area (Å²) in [6.07, 6.45) is 0.291. The number of ether oxygens (including phenoxy) is 2. The molecule has 2 amide bonds. The fourth-order valence-electron chi connectivity index (χ4n) is 3.17. The first kappa shape index (κ1) is 24.9. The van der Waals surface area contributed by atoms with E-state index in [-0.39, 0.29) is 38.0 Å². The predicted molar refractivity (Wildman–Crippen MR) is 119 cm³/mol. The van der Waals surface area contributed by atoms with Crippen LogP contribution in [0.15, 0.2) is 12.1 Å². The molecule has 0 bridgehead atoms. The Bertz CT molecular complexity index is 770. The lowest BCUT2D eigenvalue weighted by Gasteiger charge is -2.20. The van der Waals surface area contributed by atoms with E-state index >= 15 is 0 Å². The van der Waals surface area contributed by atoms with Gasteiger partial charge in [0.05, 0.1) is 10.0 Å². The molecule has 1 aliphatic heterocycles. The summed E-state index contributed by atoms with van der Waals surface area (Å²) in [5.74, 6) is -0.195. The Kier molecular flexibility index (Phi) is 8.99. The van der Waals surface area contributed by atoms with Crippen molar-refractivity contribution >= 4 is 43.1 Å². The molecular weight excluding hydrogens is 447 g/mol. The summed E-state index contributed by atoms with van der Waals surface area (Å²) < 4.78 is 11.5. The van der Waals surface area contributed by atoms with Crippen LogP contribution in [-0.2, 0) is 14.3 Å². The molecule has 1 heterocycles. The molecule has 1 aromatic carbocycles. The summed E-state index contributed by atoms with van der Waals surface area (Å²) in [7, 11) is 0.0836. The van der Waals surface area contributed by atoms with Crippen LogP contribution in [0.1, 0.15) is 24.3 Å². The van der Waals surface area contributed by atoms with E-state index in [1.165, 1.54) is 7.05 Å². The lowest BCUT2D eigenvalue weighted by molar-refractivity contribution is -0.159. The highest BCUT2D eigenvalue weighted by Crippen LogP contribution is 2.42. The lowest BCUT2D eigenvalue weighted by atomic mass is 9.97. The molecule has 0 aliphatic carbocycles. The third-order valence-corrected chi connectivity index (χ3v) is 7.49. The van der Waals surface area contributed by atoms with Crippen LogP contribution in [0.4, 0.5) is 0 Å². The number of carbonyl (C=O) groups excluding carboxylic acids is 2. The van der Waals surface area contributed by atoms with Gasteiger partial charge in [-0.05, 0) is 18.2 Å². The molecule has 10 heteroatoms. The van der Waals surface area contributed by atoms with Crippen LogP contribution < -0.4 is 4.74 Å². The molecule has 0 spiro atoms. The summed E-state index contributed by atoms with van der Waals surface area (Å²) in [5.41, 5.74) is 0.680. The second-order valence-corrected chi connectivity index (χ2v) is 15.1. The topological polar surface area (TPSA) is 79.3 Å². The first-order valence-electron chi connectivity index (χ1n) is 9.91. The van der Waals surface area contributed by atoms with Crippen molar-refractivity contribution in [1.82, 2.24) is 9.96 Å². The summed E-state index contributed by atoms with van der Waals surface area (Å²) in [5, 5.41) is 10.5. The highest BCUT2D eigenvalue weighted by Gasteiger charge is 2.34. The molecule has 168 valence electrons. The minimum Gasteiger partial charge on any atom is -0.467 e. The van der Waals surface area contributed by atoms with Gasteiger partial charge in [-0.2, -0.15) is 0 Å². The van der Waals surface area contributed by atoms with Gasteiger partial charge >= 0.3 is 0 Å². The van der Waals surface area contributed by atoms with E-state index < -0.39 is 14.0 Å². The Morgan fingerprint density at radius 2 is 2.03 bits per heavy atom. The molecule has 1 atom stereocenters. The molecule has 30 heavy (non-hydrogen) atoms. The minimum absolute atomic E-state index is 0.0447. The number of likely N-dealkylation sites (tertiary alicyclic amines) is 1. The van der Waals surface area contributed by atoms with E-state index in [0.717, 1.165) is 6.04 Å². The Labute approximate surface area is 188 Å². The fourth-order valence-corrected chi connectivity index (χ4v) is 4.40. The zero-order chi connectivity index (χ0) is 22.5. The van der Waals surface area contributed by atoms with Crippen LogP contribution in [0.3, 0.4) is 0 Å². The third-order valence-electron chi connectivity index (χ3n) is 4.97. The van der Waals surface area contributed by atoms with Gasteiger partial charge < -0.3 is 14.4 Å². The number of hydrogen-bond donors (Lipinski definition) is 1. The SMILES string of the molecule is CN(O)C(=O)CCN1CC(c2c(OCOCC[Si](C)(C)C)ccc(Cl)c2Cl)CC1=O. The van der Waals surface area contributed by atoms with Gasteiger partial charge in [-0.3, -0.25) is 14.8 Å². The molecule has 0 radical (unpaired) electrons. The molecule has 1 aliphatic rings. The number of nitrogens with zero attached hydrogens (tertiary/aromatic N) is 2. The second-order valence-electron chi connectivity index (χ2n) is 8.66. The Morgan fingerprint density at radius 3 is 2.67 bits per heavy atom. The lowest BCUT2D eigenvalue weighted by Crippen LogP contribution is -2.31. The maximum absolute atomic E-state index is 12.4. The van der Waals surface area contributed by atoms with Crippen molar-refractivity contribution in [2.75, 3.05) is 33.5 Å². The van der Waals surface area contributed by atoms with Crippen LogP contribution in [-0.4, -0.2) is 68.6 Å². The monoisotopic (exact) mass is 476 g/mol. The standard InChI is InChI=1S/C20H30Cl2N2O5Si/c1-23(27)17(25)7-8-24-12-14(11-18(24)26)19-16(6-5-15(21)20(19)22)29-13-28-9-10-30(2,3)4/h5-6,14,27H,7-13H2,1-4H3. The van der Waals surface area contributed by atoms with Crippen molar-refractivity contribution in [3.05, 3.63) is 27.7 Å². The zero-order valence-electron chi connectivity index (χ0n) is 17.9. The molecule has 1 fully saturated rings. The third kappa shape index (κ3) is 7.13. The number of hydroxylamine groups is 2. The maximum atomic E-state index is 12.4. The van der Waals surface area contributed by atoms with Crippen molar-refractivity contribution in [3.8, 4) is 5.75 Å². The Balaban J connectivity index is 2.04. The quantitative estimate of drug-likeness (QED) is 0.179. The van der Waals surface area contributed by atoms with E-state index in [9.17, 15) is 14.8 Å². The zero-order valence-corrected chi connectivity index (χ0v) is 20.4. The molecule has 0 aromatic heterocycles. The van der Waals surface area contributed by atoms with Gasteiger partial charge in [-0.15, -0.1) is 0 Å². The Hall–Kier alpha value is -1.32. The first-order valence-corrected chi connectivity index (χ1v) is 14.4. The number of halogens is 2. The number of amides is 2. The molecule has 1 N–H and O–H groups in total. The molecule has 1 aromatic rings. The summed E-state index contributed by atoms with van der Waals surface area (Å²) in [6, 6.07) is 4.44. The number of carbonyl (C=O) groups is 2. The number of benzene rings is 1. The maximum Gasteiger partial charge on any atom is 0.247 e. The van der Waals surface area contributed by atoms with Crippen LogP contribution in [0.25, 0.3) is 0 Å². The van der Waals surface area contributed by atoms with Crippen LogP contribution in [0, 0.1) is 0 Å². The van der Waals surface area contributed by atoms with E-state index in [0.29, 0.717) is 39.6 Å². The van der Waals surface area contributed by atoms with Crippen LogP contribution in [0.2, 0.25) is 35.7 Å². The molecule has 2 rings (SSSR count). The van der Waals surface area contributed by atoms with Gasteiger partial charge in [0.1, 0.15) is 5.75 Å². The van der Waals surface area contributed by atoms with Crippen molar-refractivity contribution in [1.29, 1.82) is 0 Å². The van der Waals surface area contributed by atoms with Crippen LogP contribution >= 0.6 is 23.2 Å². The number of hydrogen-bond acceptors (Lipinski definition) is 5. The average molecular weight is 477 g/mol. The first-order chi connectivity index (χ1) is 14.0. The van der Waals surface area contributed by atoms with Crippen molar-refractivity contribution in [3.63, 3.8) is 0 Å². The van der Waals surface area contributed by atoms with Crippen molar-refractivity contribution < 1.29 is 24.3 Å². The van der Waals surface area contributed by atoms with Gasteiger partial charge in [0.2, 0.25) is 11.8 Å². The average Bonchev–Trinajstić information content (AvgIpc) is 3.01. The smallest absolute Gasteiger partial charge is 0.247 e. The minimum atomic E-state index is -1.18. The predicted octanol–water partition coefficient (Wildman–Crippen LogP) is 4.24. The highest BCUT2D eigenvalue weighted by atomic mass is 35.5. The molecule has 0 saturated carbocycles. The summed E-state index contributed by atoms with van der Waals surface area (Å²) >= 11 is 12.7. The van der Waals surface area contributed by atoms with Crippen LogP contribution in [0.5, 0.6) is 5.75 Å². The summed E-state index contributed by atoms with van der Waals surface area (Å²) in [6.45, 7) is 8.20. The van der Waals surface area contributed by atoms with Gasteiger partial charge in [0, 0.05) is 59.1 Å². The Morgan fingerprint density at radius 1 is 1.33 bits per heavy atom. The molecule has 1 unspecified atom stereocenters. The van der Waals surface area contributed by atoms with E-state index in [1.54, 1.807) is 17.0 Å².